The lowest BCUT2D eigenvalue weighted by Crippen LogP contribution is -2.72. The van der Waals surface area contributed by atoms with Crippen molar-refractivity contribution in [3.63, 3.8) is 0 Å². The summed E-state index contributed by atoms with van der Waals surface area (Å²) in [4.78, 5) is 14.7. The second-order valence-corrected chi connectivity index (χ2v) is 5.81. The number of methoxy groups -OCH3 is 1. The van der Waals surface area contributed by atoms with Gasteiger partial charge in [-0.2, -0.15) is 0 Å². The maximum atomic E-state index is 12.4. The first-order valence-corrected chi connectivity index (χ1v) is 6.64. The molecule has 0 aromatic carbocycles. The van der Waals surface area contributed by atoms with Gasteiger partial charge in [0.2, 0.25) is 0 Å². The van der Waals surface area contributed by atoms with E-state index in [0.29, 0.717) is 12.6 Å². The van der Waals surface area contributed by atoms with E-state index >= 15 is 0 Å². The largest absolute Gasteiger partial charge is 0.394 e. The fourth-order valence-electron chi connectivity index (χ4n) is 3.82. The average molecular weight is 239 g/mol. The van der Waals surface area contributed by atoms with E-state index in [9.17, 15) is 9.90 Å². The van der Waals surface area contributed by atoms with E-state index in [1.54, 1.807) is 7.11 Å². The number of rotatable bonds is 4. The number of aliphatic hydroxyl groups is 1. The predicted octanol–water partition coefficient (Wildman–Crippen LogP) is 0.437. The lowest BCUT2D eigenvalue weighted by molar-refractivity contribution is -0.167. The second kappa shape index (κ2) is 4.04. The van der Waals surface area contributed by atoms with Gasteiger partial charge < -0.3 is 9.84 Å². The summed E-state index contributed by atoms with van der Waals surface area (Å²) < 4.78 is 5.22. The first-order valence-electron chi connectivity index (χ1n) is 6.64. The van der Waals surface area contributed by atoms with Gasteiger partial charge in [-0.1, -0.05) is 0 Å². The monoisotopic (exact) mass is 239 g/mol. The number of nitrogens with zero attached hydrogens (tertiary/aromatic N) is 1. The van der Waals surface area contributed by atoms with E-state index in [1.807, 2.05) is 0 Å². The summed E-state index contributed by atoms with van der Waals surface area (Å²) in [6.07, 6.45) is 4.55. The lowest BCUT2D eigenvalue weighted by Gasteiger charge is -2.56. The molecule has 3 saturated heterocycles. The number of piperidine rings is 3. The number of ether oxygens (including phenoxy) is 1. The van der Waals surface area contributed by atoms with Crippen LogP contribution in [0.5, 0.6) is 0 Å². The topological polar surface area (TPSA) is 49.8 Å². The van der Waals surface area contributed by atoms with Gasteiger partial charge >= 0.3 is 0 Å². The zero-order valence-corrected chi connectivity index (χ0v) is 10.4. The van der Waals surface area contributed by atoms with Crippen LogP contribution in [-0.2, 0) is 9.53 Å². The Balaban J connectivity index is 1.92. The summed E-state index contributed by atoms with van der Waals surface area (Å²) in [5, 5.41) is 9.74. The zero-order chi connectivity index (χ0) is 12.0. The van der Waals surface area contributed by atoms with Crippen molar-refractivity contribution in [2.75, 3.05) is 26.9 Å². The molecule has 96 valence electrons. The van der Waals surface area contributed by atoms with Gasteiger partial charge in [0.15, 0.2) is 5.78 Å². The average Bonchev–Trinajstić information content (AvgIpc) is 3.18. The van der Waals surface area contributed by atoms with Gasteiger partial charge in [0, 0.05) is 25.6 Å². The third kappa shape index (κ3) is 1.58. The minimum Gasteiger partial charge on any atom is -0.394 e. The summed E-state index contributed by atoms with van der Waals surface area (Å²) >= 11 is 0. The minimum absolute atomic E-state index is 0.0978. The molecule has 4 aliphatic rings. The van der Waals surface area contributed by atoms with Gasteiger partial charge in [-0.15, -0.1) is 0 Å². The fraction of sp³-hybridized carbons (Fsp3) is 0.923. The molecule has 4 rings (SSSR count). The van der Waals surface area contributed by atoms with Crippen molar-refractivity contribution in [1.29, 1.82) is 0 Å². The third-order valence-corrected chi connectivity index (χ3v) is 4.83. The van der Waals surface area contributed by atoms with E-state index in [1.165, 1.54) is 12.8 Å². The highest BCUT2D eigenvalue weighted by atomic mass is 16.5. The third-order valence-electron chi connectivity index (χ3n) is 4.83. The maximum Gasteiger partial charge on any atom is 0.161 e. The van der Waals surface area contributed by atoms with Crippen molar-refractivity contribution in [2.45, 2.75) is 37.3 Å². The Morgan fingerprint density at radius 2 is 2.24 bits per heavy atom. The molecule has 3 heterocycles. The molecule has 2 bridgehead atoms. The molecule has 4 fully saturated rings. The lowest BCUT2D eigenvalue weighted by atomic mass is 9.70. The second-order valence-electron chi connectivity index (χ2n) is 5.81. The number of carbonyl (C=O) groups excluding carboxylic acids is 1. The summed E-state index contributed by atoms with van der Waals surface area (Å²) in [7, 11) is 1.61. The highest BCUT2D eigenvalue weighted by Crippen LogP contribution is 2.48. The number of hydrogen-bond donors (Lipinski definition) is 1. The van der Waals surface area contributed by atoms with Gasteiger partial charge in [0.1, 0.15) is 5.54 Å². The van der Waals surface area contributed by atoms with Crippen LogP contribution in [0, 0.1) is 11.8 Å². The minimum atomic E-state index is -0.733. The van der Waals surface area contributed by atoms with Crippen LogP contribution < -0.4 is 0 Å². The van der Waals surface area contributed by atoms with Crippen molar-refractivity contribution in [3.8, 4) is 0 Å². The summed E-state index contributed by atoms with van der Waals surface area (Å²) in [6.45, 7) is 1.18. The molecule has 4 heteroatoms. The SMILES string of the molecule is COCC1(CO)C(=O)C2CCN1C(C1CC1)C2. The summed E-state index contributed by atoms with van der Waals surface area (Å²) in [5.74, 6) is 1.13. The van der Waals surface area contributed by atoms with Crippen molar-refractivity contribution in [1.82, 2.24) is 4.90 Å². The molecular formula is C13H21NO3. The molecule has 3 aliphatic heterocycles. The van der Waals surface area contributed by atoms with Gasteiger partial charge in [-0.05, 0) is 31.6 Å². The van der Waals surface area contributed by atoms with Gasteiger partial charge in [-0.25, -0.2) is 0 Å². The van der Waals surface area contributed by atoms with E-state index in [-0.39, 0.29) is 18.3 Å². The normalized spacial score (nSPS) is 45.3. The van der Waals surface area contributed by atoms with Crippen molar-refractivity contribution in [2.24, 2.45) is 11.8 Å². The Bertz CT molecular complexity index is 329. The fourth-order valence-corrected chi connectivity index (χ4v) is 3.82. The van der Waals surface area contributed by atoms with Crippen molar-refractivity contribution >= 4 is 5.78 Å². The van der Waals surface area contributed by atoms with Gasteiger partial charge in [0.25, 0.3) is 0 Å². The number of ketones is 1. The highest BCUT2D eigenvalue weighted by molar-refractivity contribution is 5.92. The number of Topliss-reactive ketones (excluding diaryl/α,β-unsaturated/α-hetero) is 1. The molecular weight excluding hydrogens is 218 g/mol. The van der Waals surface area contributed by atoms with E-state index in [0.717, 1.165) is 25.3 Å². The van der Waals surface area contributed by atoms with Gasteiger partial charge in [0.05, 0.1) is 13.2 Å². The van der Waals surface area contributed by atoms with Gasteiger partial charge in [-0.3, -0.25) is 9.69 Å². The number of carbonyl (C=O) groups is 1. The van der Waals surface area contributed by atoms with Crippen LogP contribution in [0.1, 0.15) is 25.7 Å². The Morgan fingerprint density at radius 3 is 2.82 bits per heavy atom. The molecule has 4 atom stereocenters. The predicted molar refractivity (Wildman–Crippen MR) is 62.6 cm³/mol. The van der Waals surface area contributed by atoms with Crippen LogP contribution in [-0.4, -0.2) is 54.2 Å². The molecule has 0 radical (unpaired) electrons. The highest BCUT2D eigenvalue weighted by Gasteiger charge is 2.58. The smallest absolute Gasteiger partial charge is 0.161 e. The number of aliphatic hydroxyl groups excluding tert-OH is 1. The maximum absolute atomic E-state index is 12.4. The van der Waals surface area contributed by atoms with Crippen LogP contribution in [0.2, 0.25) is 0 Å². The molecule has 17 heavy (non-hydrogen) atoms. The van der Waals surface area contributed by atoms with Crippen molar-refractivity contribution < 1.29 is 14.6 Å². The zero-order valence-electron chi connectivity index (χ0n) is 10.4. The number of fused-ring (bicyclic) bond motifs is 3. The summed E-state index contributed by atoms with van der Waals surface area (Å²) in [5.41, 5.74) is -0.733. The molecule has 4 unspecified atom stereocenters. The number of hydrogen-bond acceptors (Lipinski definition) is 4. The van der Waals surface area contributed by atoms with E-state index < -0.39 is 5.54 Å². The molecule has 4 nitrogen and oxygen atoms in total. The molecule has 0 aromatic rings. The van der Waals surface area contributed by atoms with E-state index in [2.05, 4.69) is 4.90 Å². The Hall–Kier alpha value is -0.450. The van der Waals surface area contributed by atoms with Crippen molar-refractivity contribution in [3.05, 3.63) is 0 Å². The van der Waals surface area contributed by atoms with Crippen LogP contribution in [0.15, 0.2) is 0 Å². The van der Waals surface area contributed by atoms with Crippen LogP contribution in [0.3, 0.4) is 0 Å². The Labute approximate surface area is 102 Å². The molecule has 1 aliphatic carbocycles. The standard InChI is InChI=1S/C13H21NO3/c1-17-8-13(7-15)12(16)10-4-5-14(13)11(6-10)9-2-3-9/h9-11,15H,2-8H2,1H3. The molecule has 0 spiro atoms. The first kappa shape index (κ1) is 11.6. The summed E-state index contributed by atoms with van der Waals surface area (Å²) in [6, 6.07) is 0.508. The first-order chi connectivity index (χ1) is 8.23. The Kier molecular flexibility index (Phi) is 2.76. The molecule has 1 N–H and O–H groups in total. The molecule has 0 aromatic heterocycles. The Morgan fingerprint density at radius 1 is 1.47 bits per heavy atom. The quantitative estimate of drug-likeness (QED) is 0.773. The molecule has 0 amide bonds. The van der Waals surface area contributed by atoms with Crippen LogP contribution in [0.4, 0.5) is 0 Å². The van der Waals surface area contributed by atoms with E-state index in [4.69, 9.17) is 4.74 Å². The molecule has 1 saturated carbocycles. The van der Waals surface area contributed by atoms with Crippen LogP contribution in [0.25, 0.3) is 0 Å². The van der Waals surface area contributed by atoms with Crippen LogP contribution >= 0.6 is 0 Å².